The van der Waals surface area contributed by atoms with E-state index in [1.54, 1.807) is 36.4 Å². The molecule has 23 heteroatoms. The van der Waals surface area contributed by atoms with Crippen molar-refractivity contribution >= 4 is 53.3 Å². The second-order valence-corrected chi connectivity index (χ2v) is 21.4. The fraction of sp³-hybridized carbons (Fsp3) is 0.603. The average Bonchev–Trinajstić information content (AvgIpc) is 3.39. The molecule has 2 aromatic rings. The number of nitrogens with two attached hydrogens (primary N) is 2. The average molecular weight is 1140 g/mol. The molecule has 0 saturated heterocycles. The number of carbonyl (C=O) groups is 9. The third-order valence-corrected chi connectivity index (χ3v) is 13.8. The SMILES string of the molecule is CC[C@H](C)[C@@H](CC(=O)O)NC(=O)C[C@H](Cc1ccc(O)cc1)NC(=O)CC1COC/C=C\COC[C@H](NC(=O)C[C@H](CCCCN)NC(=O)C[C@@H](N)C(C)C)CC(=O)NC(Cc2ccccc2)CC(=O)NC(CCC(=O)O)CC(=O)N1. The van der Waals surface area contributed by atoms with Gasteiger partial charge in [0.2, 0.25) is 41.4 Å². The van der Waals surface area contributed by atoms with E-state index in [-0.39, 0.29) is 120 Å². The van der Waals surface area contributed by atoms with Gasteiger partial charge in [0.25, 0.3) is 0 Å². The van der Waals surface area contributed by atoms with Crippen LogP contribution < -0.4 is 48.7 Å². The molecule has 23 nitrogen and oxygen atoms in total. The van der Waals surface area contributed by atoms with E-state index < -0.39 is 103 Å². The summed E-state index contributed by atoms with van der Waals surface area (Å²) < 4.78 is 11.8. The molecule has 3 rings (SSSR count). The highest BCUT2D eigenvalue weighted by Gasteiger charge is 2.29. The van der Waals surface area contributed by atoms with Crippen molar-refractivity contribution in [1.29, 1.82) is 0 Å². The van der Waals surface area contributed by atoms with Crippen LogP contribution in [0.25, 0.3) is 0 Å². The number of nitrogens with one attached hydrogen (secondary N) is 7. The van der Waals surface area contributed by atoms with Gasteiger partial charge in [-0.25, -0.2) is 0 Å². The third kappa shape index (κ3) is 30.4. The summed E-state index contributed by atoms with van der Waals surface area (Å²) in [6, 6.07) is 9.20. The molecule has 81 heavy (non-hydrogen) atoms. The van der Waals surface area contributed by atoms with Gasteiger partial charge in [0.15, 0.2) is 0 Å². The molecule has 1 aliphatic rings. The highest BCUT2D eigenvalue weighted by Crippen LogP contribution is 2.17. The van der Waals surface area contributed by atoms with E-state index in [2.05, 4.69) is 37.2 Å². The summed E-state index contributed by atoms with van der Waals surface area (Å²) in [5, 5.41) is 49.1. The zero-order valence-corrected chi connectivity index (χ0v) is 47.5. The quantitative estimate of drug-likeness (QED) is 0.0430. The van der Waals surface area contributed by atoms with Gasteiger partial charge in [-0.2, -0.15) is 0 Å². The topological polar surface area (TPSA) is 369 Å². The Kier molecular flexibility index (Phi) is 32.0. The Morgan fingerprint density at radius 1 is 0.667 bits per heavy atom. The molecule has 14 N–H and O–H groups in total. The van der Waals surface area contributed by atoms with Crippen molar-refractivity contribution in [3.05, 3.63) is 77.9 Å². The van der Waals surface area contributed by atoms with Crippen LogP contribution in [0, 0.1) is 11.8 Å². The minimum Gasteiger partial charge on any atom is -0.508 e. The van der Waals surface area contributed by atoms with Crippen LogP contribution in [-0.4, -0.2) is 150 Å². The molecule has 3 unspecified atom stereocenters. The van der Waals surface area contributed by atoms with Gasteiger partial charge < -0.3 is 73.5 Å². The van der Waals surface area contributed by atoms with Gasteiger partial charge >= 0.3 is 11.9 Å². The molecule has 9 atom stereocenters. The molecule has 0 aliphatic carbocycles. The number of benzene rings is 2. The summed E-state index contributed by atoms with van der Waals surface area (Å²) >= 11 is 0. The number of ether oxygens (including phenoxy) is 2. The maximum atomic E-state index is 14.0. The molecule has 0 saturated carbocycles. The van der Waals surface area contributed by atoms with Gasteiger partial charge in [-0.05, 0) is 73.7 Å². The Labute approximate surface area is 475 Å². The van der Waals surface area contributed by atoms with Gasteiger partial charge in [0.1, 0.15) is 5.75 Å². The molecular weight excluding hydrogens is 1050 g/mol. The number of phenolic OH excluding ortho intramolecular Hbond substituents is 1. The normalized spacial score (nSPS) is 20.3. The summed E-state index contributed by atoms with van der Waals surface area (Å²) in [6.07, 6.45) is 3.63. The van der Waals surface area contributed by atoms with Crippen LogP contribution in [0.1, 0.15) is 129 Å². The number of phenols is 1. The predicted molar refractivity (Wildman–Crippen MR) is 303 cm³/mol. The number of hydrogen-bond donors (Lipinski definition) is 12. The lowest BCUT2D eigenvalue weighted by Crippen LogP contribution is -2.49. The van der Waals surface area contributed by atoms with E-state index in [0.29, 0.717) is 37.8 Å². The molecule has 0 fully saturated rings. The van der Waals surface area contributed by atoms with Crippen LogP contribution in [-0.2, 0) is 65.5 Å². The standard InChI is InChI=1S/C58H89N9O14/c1-5-38(4)49(34-58(78)79)67-55(74)30-44(26-40-16-19-47(68)20-17-40)64-54(73)32-46-36-81-24-12-11-23-80-35-45(65-50(69)27-41(15-9-10-22-59)61-56(75)33-48(60)37(2)3)31-53(72)63-43(25-39-13-7-6-8-14-39)29-52(71)62-42(18-21-57(76)77)28-51(70)66-46/h6-8,11-14,16-17,19-20,37-38,41-46,48-49,68H,5,9-10,15,18,21-36,59-60H2,1-4H3,(H,61,75)(H,62,71)(H,63,72)(H,64,73)(H,65,69)(H,66,70)(H,67,74)(H,76,77)(H,78,79)/b12-11-/t38-,41-,42?,43?,44-,45+,46?,48+,49+/m0/s1. The monoisotopic (exact) mass is 1140 g/mol. The molecule has 0 aromatic heterocycles. The minimum absolute atomic E-state index is 0.00981. The predicted octanol–water partition coefficient (Wildman–Crippen LogP) is 2.40. The minimum atomic E-state index is -1.17. The van der Waals surface area contributed by atoms with Crippen molar-refractivity contribution < 1.29 is 67.9 Å². The summed E-state index contributed by atoms with van der Waals surface area (Å²) in [7, 11) is 0. The Bertz CT molecular complexity index is 2320. The number of carboxylic acids is 2. The van der Waals surface area contributed by atoms with Crippen molar-refractivity contribution in [2.75, 3.05) is 33.0 Å². The number of rotatable bonds is 28. The molecule has 2 aromatic carbocycles. The number of unbranched alkanes of at least 4 members (excludes halogenated alkanes) is 1. The highest BCUT2D eigenvalue weighted by atomic mass is 16.5. The summed E-state index contributed by atoms with van der Waals surface area (Å²) in [5.74, 6) is -5.91. The first-order valence-electron chi connectivity index (χ1n) is 28.2. The van der Waals surface area contributed by atoms with E-state index in [1.807, 2.05) is 45.9 Å². The van der Waals surface area contributed by atoms with Gasteiger partial charge in [-0.3, -0.25) is 43.2 Å². The van der Waals surface area contributed by atoms with Crippen molar-refractivity contribution in [3.8, 4) is 5.75 Å². The molecule has 450 valence electrons. The Hall–Kier alpha value is -6.95. The van der Waals surface area contributed by atoms with Crippen LogP contribution in [0.2, 0.25) is 0 Å². The van der Waals surface area contributed by atoms with Crippen molar-refractivity contribution in [2.45, 2.75) is 179 Å². The van der Waals surface area contributed by atoms with Crippen LogP contribution >= 0.6 is 0 Å². The maximum Gasteiger partial charge on any atom is 0.305 e. The first kappa shape index (κ1) is 68.3. The Balaban J connectivity index is 1.91. The zero-order chi connectivity index (χ0) is 59.7. The van der Waals surface area contributed by atoms with Gasteiger partial charge in [0.05, 0.1) is 44.9 Å². The van der Waals surface area contributed by atoms with Crippen molar-refractivity contribution in [1.82, 2.24) is 37.2 Å². The zero-order valence-electron chi connectivity index (χ0n) is 47.5. The van der Waals surface area contributed by atoms with Crippen LogP contribution in [0.15, 0.2) is 66.7 Å². The van der Waals surface area contributed by atoms with E-state index in [9.17, 15) is 58.5 Å². The number of carboxylic acid groups (broad SMARTS) is 2. The summed E-state index contributed by atoms with van der Waals surface area (Å²) in [4.78, 5) is 119. The first-order chi connectivity index (χ1) is 38.6. The Morgan fingerprint density at radius 2 is 1.26 bits per heavy atom. The lowest BCUT2D eigenvalue weighted by Gasteiger charge is -2.26. The molecule has 7 amide bonds. The lowest BCUT2D eigenvalue weighted by molar-refractivity contribution is -0.139. The number of aromatic hydroxyl groups is 1. The largest absolute Gasteiger partial charge is 0.508 e. The van der Waals surface area contributed by atoms with E-state index in [4.69, 9.17) is 20.9 Å². The Morgan fingerprint density at radius 3 is 1.89 bits per heavy atom. The number of aliphatic carboxylic acids is 2. The maximum absolute atomic E-state index is 14.0. The summed E-state index contributed by atoms with van der Waals surface area (Å²) in [6.45, 7) is 7.66. The molecular formula is C58H89N9O14. The lowest BCUT2D eigenvalue weighted by atomic mass is 9.95. The van der Waals surface area contributed by atoms with E-state index in [1.165, 1.54) is 12.1 Å². The van der Waals surface area contributed by atoms with Crippen LogP contribution in [0.3, 0.4) is 0 Å². The fourth-order valence-corrected chi connectivity index (χ4v) is 9.09. The van der Waals surface area contributed by atoms with E-state index >= 15 is 0 Å². The second kappa shape index (κ2) is 37.9. The molecule has 0 spiro atoms. The van der Waals surface area contributed by atoms with Crippen LogP contribution in [0.4, 0.5) is 0 Å². The van der Waals surface area contributed by atoms with Gasteiger partial charge in [0, 0.05) is 87.6 Å². The molecule has 0 radical (unpaired) electrons. The number of carbonyl (C=O) groups excluding carboxylic acids is 7. The van der Waals surface area contributed by atoms with Crippen LogP contribution in [0.5, 0.6) is 5.75 Å². The second-order valence-electron chi connectivity index (χ2n) is 21.4. The molecule has 1 aliphatic heterocycles. The molecule has 1 heterocycles. The highest BCUT2D eigenvalue weighted by molar-refractivity contribution is 5.84. The van der Waals surface area contributed by atoms with Gasteiger partial charge in [-0.1, -0.05) is 95.2 Å². The van der Waals surface area contributed by atoms with Crippen molar-refractivity contribution in [3.63, 3.8) is 0 Å². The van der Waals surface area contributed by atoms with Crippen molar-refractivity contribution in [2.24, 2.45) is 23.3 Å². The first-order valence-corrected chi connectivity index (χ1v) is 28.2. The summed E-state index contributed by atoms with van der Waals surface area (Å²) in [5.41, 5.74) is 13.4. The van der Waals surface area contributed by atoms with E-state index in [0.717, 1.165) is 5.56 Å². The number of hydrogen-bond acceptors (Lipinski definition) is 14. The third-order valence-electron chi connectivity index (χ3n) is 13.8. The smallest absolute Gasteiger partial charge is 0.305 e. The van der Waals surface area contributed by atoms with Gasteiger partial charge in [-0.15, -0.1) is 0 Å². The molecule has 0 bridgehead atoms. The number of amides is 7. The fourth-order valence-electron chi connectivity index (χ4n) is 9.09.